The Morgan fingerprint density at radius 1 is 1.25 bits per heavy atom. The lowest BCUT2D eigenvalue weighted by Crippen LogP contribution is -2.45. The molecule has 3 rings (SSSR count). The van der Waals surface area contributed by atoms with Gasteiger partial charge in [0.05, 0.1) is 0 Å². The molecular formula is C17H26N2S. The van der Waals surface area contributed by atoms with Gasteiger partial charge in [-0.15, -0.1) is 11.8 Å². The van der Waals surface area contributed by atoms with Crippen LogP contribution in [0, 0.1) is 0 Å². The Morgan fingerprint density at radius 2 is 2.15 bits per heavy atom. The summed E-state index contributed by atoms with van der Waals surface area (Å²) in [6, 6.07) is 9.63. The van der Waals surface area contributed by atoms with Crippen molar-refractivity contribution >= 4 is 11.8 Å². The maximum atomic E-state index is 3.68. The van der Waals surface area contributed by atoms with Gasteiger partial charge in [0, 0.05) is 29.3 Å². The largest absolute Gasteiger partial charge is 0.313 e. The minimum Gasteiger partial charge on any atom is -0.313 e. The SMILES string of the molecule is CCN(CC1CCCCN1)CC1Cc2ccccc2S1. The van der Waals surface area contributed by atoms with Crippen LogP contribution in [0.3, 0.4) is 0 Å². The molecule has 0 saturated carbocycles. The van der Waals surface area contributed by atoms with Gasteiger partial charge in [-0.1, -0.05) is 31.5 Å². The number of likely N-dealkylation sites (N-methyl/N-ethyl adjacent to an activating group) is 1. The van der Waals surface area contributed by atoms with E-state index in [0.29, 0.717) is 0 Å². The van der Waals surface area contributed by atoms with E-state index in [1.165, 1.54) is 56.8 Å². The minimum atomic E-state index is 0.720. The van der Waals surface area contributed by atoms with Crippen molar-refractivity contribution in [3.05, 3.63) is 29.8 Å². The molecule has 0 spiro atoms. The molecule has 1 saturated heterocycles. The fraction of sp³-hybridized carbons (Fsp3) is 0.647. The summed E-state index contributed by atoms with van der Waals surface area (Å²) >= 11 is 2.08. The summed E-state index contributed by atoms with van der Waals surface area (Å²) < 4.78 is 0. The average Bonchev–Trinajstić information content (AvgIpc) is 2.90. The number of thioether (sulfide) groups is 1. The van der Waals surface area contributed by atoms with E-state index >= 15 is 0 Å². The molecule has 110 valence electrons. The molecule has 20 heavy (non-hydrogen) atoms. The molecule has 1 N–H and O–H groups in total. The van der Waals surface area contributed by atoms with Crippen molar-refractivity contribution in [1.82, 2.24) is 10.2 Å². The number of nitrogens with zero attached hydrogens (tertiary/aromatic N) is 1. The Labute approximate surface area is 127 Å². The Bertz CT molecular complexity index is 404. The quantitative estimate of drug-likeness (QED) is 0.897. The van der Waals surface area contributed by atoms with E-state index in [4.69, 9.17) is 0 Å². The lowest BCUT2D eigenvalue weighted by molar-refractivity contribution is 0.234. The summed E-state index contributed by atoms with van der Waals surface area (Å²) in [6.07, 6.45) is 5.36. The fourth-order valence-corrected chi connectivity index (χ4v) is 4.74. The maximum Gasteiger partial charge on any atom is 0.0263 e. The first-order chi connectivity index (χ1) is 9.85. The first kappa shape index (κ1) is 14.4. The van der Waals surface area contributed by atoms with Crippen LogP contribution in [0.15, 0.2) is 29.2 Å². The van der Waals surface area contributed by atoms with E-state index < -0.39 is 0 Å². The summed E-state index contributed by atoms with van der Waals surface area (Å²) in [6.45, 7) is 7.14. The van der Waals surface area contributed by atoms with E-state index in [2.05, 4.69) is 53.2 Å². The molecule has 2 atom stereocenters. The first-order valence-corrected chi connectivity index (χ1v) is 8.93. The van der Waals surface area contributed by atoms with Crippen LogP contribution in [0.1, 0.15) is 31.7 Å². The van der Waals surface area contributed by atoms with Gasteiger partial charge in [0.15, 0.2) is 0 Å². The maximum absolute atomic E-state index is 3.68. The van der Waals surface area contributed by atoms with Gasteiger partial charge in [0.25, 0.3) is 0 Å². The molecular weight excluding hydrogens is 264 g/mol. The first-order valence-electron chi connectivity index (χ1n) is 8.05. The third-order valence-electron chi connectivity index (χ3n) is 4.51. The highest BCUT2D eigenvalue weighted by Crippen LogP contribution is 2.37. The van der Waals surface area contributed by atoms with E-state index in [1.807, 2.05) is 0 Å². The zero-order chi connectivity index (χ0) is 13.8. The minimum absolute atomic E-state index is 0.720. The van der Waals surface area contributed by atoms with Crippen LogP contribution in [0.2, 0.25) is 0 Å². The van der Waals surface area contributed by atoms with Crippen LogP contribution in [0.25, 0.3) is 0 Å². The van der Waals surface area contributed by atoms with Gasteiger partial charge >= 0.3 is 0 Å². The van der Waals surface area contributed by atoms with Gasteiger partial charge in [0.1, 0.15) is 0 Å². The fourth-order valence-electron chi connectivity index (χ4n) is 3.37. The molecule has 1 aromatic carbocycles. The van der Waals surface area contributed by atoms with Crippen LogP contribution in [-0.4, -0.2) is 42.4 Å². The van der Waals surface area contributed by atoms with Crippen LogP contribution < -0.4 is 5.32 Å². The zero-order valence-corrected chi connectivity index (χ0v) is 13.3. The predicted molar refractivity (Wildman–Crippen MR) is 87.5 cm³/mol. The summed E-state index contributed by atoms with van der Waals surface area (Å²) in [4.78, 5) is 4.15. The van der Waals surface area contributed by atoms with Crippen molar-refractivity contribution in [1.29, 1.82) is 0 Å². The second-order valence-electron chi connectivity index (χ2n) is 6.05. The van der Waals surface area contributed by atoms with Crippen LogP contribution in [0.5, 0.6) is 0 Å². The average molecular weight is 290 g/mol. The molecule has 2 unspecified atom stereocenters. The van der Waals surface area contributed by atoms with Gasteiger partial charge in [0.2, 0.25) is 0 Å². The van der Waals surface area contributed by atoms with Gasteiger partial charge in [-0.05, 0) is 44.0 Å². The lowest BCUT2D eigenvalue weighted by atomic mass is 10.0. The zero-order valence-electron chi connectivity index (χ0n) is 12.5. The molecule has 0 bridgehead atoms. The number of fused-ring (bicyclic) bond motifs is 1. The van der Waals surface area contributed by atoms with E-state index in [1.54, 1.807) is 5.56 Å². The molecule has 2 nitrogen and oxygen atoms in total. The van der Waals surface area contributed by atoms with Crippen LogP contribution >= 0.6 is 11.8 Å². The van der Waals surface area contributed by atoms with Crippen molar-refractivity contribution in [3.63, 3.8) is 0 Å². The summed E-state index contributed by atoms with van der Waals surface area (Å²) in [5, 5.41) is 4.42. The number of benzene rings is 1. The van der Waals surface area contributed by atoms with Gasteiger partial charge in [-0.25, -0.2) is 0 Å². The lowest BCUT2D eigenvalue weighted by Gasteiger charge is -2.31. The van der Waals surface area contributed by atoms with Crippen LogP contribution in [-0.2, 0) is 6.42 Å². The third-order valence-corrected chi connectivity index (χ3v) is 5.82. The molecule has 0 radical (unpaired) electrons. The monoisotopic (exact) mass is 290 g/mol. The molecule has 0 amide bonds. The number of hydrogen-bond donors (Lipinski definition) is 1. The standard InChI is InChI=1S/C17H26N2S/c1-2-19(12-15-8-5-6-10-18-15)13-16-11-14-7-3-4-9-17(14)20-16/h3-4,7,9,15-16,18H,2,5-6,8,10-13H2,1H3. The van der Waals surface area contributed by atoms with E-state index in [-0.39, 0.29) is 0 Å². The van der Waals surface area contributed by atoms with Crippen molar-refractivity contribution in [2.45, 2.75) is 48.8 Å². The van der Waals surface area contributed by atoms with Crippen molar-refractivity contribution in [2.75, 3.05) is 26.2 Å². The Hall–Kier alpha value is -0.510. The highest BCUT2D eigenvalue weighted by Gasteiger charge is 2.24. The van der Waals surface area contributed by atoms with Crippen molar-refractivity contribution in [3.8, 4) is 0 Å². The molecule has 0 aliphatic carbocycles. The Kier molecular flexibility index (Phi) is 5.03. The number of hydrogen-bond acceptors (Lipinski definition) is 3. The number of piperidine rings is 1. The predicted octanol–water partition coefficient (Wildman–Crippen LogP) is 3.17. The molecule has 2 heterocycles. The highest BCUT2D eigenvalue weighted by molar-refractivity contribution is 8.00. The Balaban J connectivity index is 1.51. The Morgan fingerprint density at radius 3 is 2.90 bits per heavy atom. The number of rotatable bonds is 5. The molecule has 2 aliphatic rings. The second-order valence-corrected chi connectivity index (χ2v) is 7.39. The van der Waals surface area contributed by atoms with Crippen molar-refractivity contribution < 1.29 is 0 Å². The van der Waals surface area contributed by atoms with Gasteiger partial charge in [-0.2, -0.15) is 0 Å². The number of nitrogens with one attached hydrogen (secondary N) is 1. The topological polar surface area (TPSA) is 15.3 Å². The third kappa shape index (κ3) is 3.57. The smallest absolute Gasteiger partial charge is 0.0263 e. The molecule has 2 aliphatic heterocycles. The van der Waals surface area contributed by atoms with Crippen LogP contribution in [0.4, 0.5) is 0 Å². The summed E-state index contributed by atoms with van der Waals surface area (Å²) in [5.74, 6) is 0. The second kappa shape index (κ2) is 6.97. The highest BCUT2D eigenvalue weighted by atomic mass is 32.2. The molecule has 1 fully saturated rings. The van der Waals surface area contributed by atoms with Gasteiger partial charge < -0.3 is 10.2 Å². The normalized spacial score (nSPS) is 25.9. The molecule has 3 heteroatoms. The van der Waals surface area contributed by atoms with Crippen molar-refractivity contribution in [2.24, 2.45) is 0 Å². The van der Waals surface area contributed by atoms with E-state index in [9.17, 15) is 0 Å². The van der Waals surface area contributed by atoms with Gasteiger partial charge in [-0.3, -0.25) is 0 Å². The summed E-state index contributed by atoms with van der Waals surface area (Å²) in [5.41, 5.74) is 1.55. The molecule has 1 aromatic rings. The van der Waals surface area contributed by atoms with E-state index in [0.717, 1.165) is 11.3 Å². The molecule has 0 aromatic heterocycles. The summed E-state index contributed by atoms with van der Waals surface area (Å²) in [7, 11) is 0.